The van der Waals surface area contributed by atoms with Crippen LogP contribution in [0.25, 0.3) is 0 Å². The van der Waals surface area contributed by atoms with Crippen molar-refractivity contribution in [3.05, 3.63) is 24.0 Å². The summed E-state index contributed by atoms with van der Waals surface area (Å²) in [4.78, 5) is 4.27. The molecule has 1 aromatic rings. The molecule has 2 heterocycles. The van der Waals surface area contributed by atoms with Gasteiger partial charge in [0.2, 0.25) is 0 Å². The summed E-state index contributed by atoms with van der Waals surface area (Å²) < 4.78 is 5.62. The second kappa shape index (κ2) is 6.01. The summed E-state index contributed by atoms with van der Waals surface area (Å²) in [5.41, 5.74) is 1.25. The number of aromatic nitrogens is 1. The zero-order chi connectivity index (χ0) is 12.1. The van der Waals surface area contributed by atoms with Gasteiger partial charge in [-0.05, 0) is 43.4 Å². The SMILES string of the molecule is CCCOc1cncc(C2CC(C)CCN2)c1. The third kappa shape index (κ3) is 3.43. The number of pyridine rings is 1. The fraction of sp³-hybridized carbons (Fsp3) is 0.643. The molecular formula is C14H22N2O. The molecule has 1 saturated heterocycles. The van der Waals surface area contributed by atoms with E-state index in [9.17, 15) is 0 Å². The molecule has 2 rings (SSSR count). The van der Waals surface area contributed by atoms with E-state index in [1.807, 2.05) is 6.20 Å². The van der Waals surface area contributed by atoms with Crippen LogP contribution in [0.3, 0.4) is 0 Å². The van der Waals surface area contributed by atoms with Crippen molar-refractivity contribution in [2.75, 3.05) is 13.2 Å². The Labute approximate surface area is 104 Å². The maximum Gasteiger partial charge on any atom is 0.137 e. The first-order valence-corrected chi connectivity index (χ1v) is 6.60. The van der Waals surface area contributed by atoms with Gasteiger partial charge in [0.25, 0.3) is 0 Å². The van der Waals surface area contributed by atoms with E-state index in [4.69, 9.17) is 4.74 Å². The zero-order valence-corrected chi connectivity index (χ0v) is 10.8. The molecule has 1 aromatic heterocycles. The van der Waals surface area contributed by atoms with Crippen LogP contribution in [-0.2, 0) is 0 Å². The average molecular weight is 234 g/mol. The number of nitrogens with zero attached hydrogens (tertiary/aromatic N) is 1. The van der Waals surface area contributed by atoms with Crippen LogP contribution in [0.4, 0.5) is 0 Å². The minimum Gasteiger partial charge on any atom is -0.492 e. The summed E-state index contributed by atoms with van der Waals surface area (Å²) >= 11 is 0. The molecule has 1 N–H and O–H groups in total. The van der Waals surface area contributed by atoms with Gasteiger partial charge in [0.15, 0.2) is 0 Å². The predicted molar refractivity (Wildman–Crippen MR) is 69.2 cm³/mol. The van der Waals surface area contributed by atoms with E-state index in [1.165, 1.54) is 18.4 Å². The van der Waals surface area contributed by atoms with E-state index in [2.05, 4.69) is 30.2 Å². The maximum atomic E-state index is 5.62. The summed E-state index contributed by atoms with van der Waals surface area (Å²) in [5.74, 6) is 1.69. The first-order chi connectivity index (χ1) is 8.29. The monoisotopic (exact) mass is 234 g/mol. The largest absolute Gasteiger partial charge is 0.492 e. The molecule has 1 fully saturated rings. The number of ether oxygens (including phenoxy) is 1. The lowest BCUT2D eigenvalue weighted by Crippen LogP contribution is -2.30. The molecule has 0 aliphatic carbocycles. The highest BCUT2D eigenvalue weighted by atomic mass is 16.5. The molecule has 2 unspecified atom stereocenters. The lowest BCUT2D eigenvalue weighted by Gasteiger charge is -2.28. The predicted octanol–water partition coefficient (Wildman–Crippen LogP) is 2.93. The molecule has 17 heavy (non-hydrogen) atoms. The topological polar surface area (TPSA) is 34.1 Å². The number of nitrogens with one attached hydrogen (secondary N) is 1. The van der Waals surface area contributed by atoms with Crippen LogP contribution in [0.1, 0.15) is 44.7 Å². The molecule has 0 saturated carbocycles. The van der Waals surface area contributed by atoms with Gasteiger partial charge >= 0.3 is 0 Å². The van der Waals surface area contributed by atoms with Crippen LogP contribution in [0, 0.1) is 5.92 Å². The molecule has 0 radical (unpaired) electrons. The van der Waals surface area contributed by atoms with Crippen molar-refractivity contribution in [3.8, 4) is 5.75 Å². The Bertz CT molecular complexity index is 354. The van der Waals surface area contributed by atoms with E-state index in [0.717, 1.165) is 31.2 Å². The van der Waals surface area contributed by atoms with Crippen LogP contribution in [0.2, 0.25) is 0 Å². The Morgan fingerprint density at radius 1 is 1.47 bits per heavy atom. The first kappa shape index (κ1) is 12.4. The fourth-order valence-corrected chi connectivity index (χ4v) is 2.29. The van der Waals surface area contributed by atoms with Gasteiger partial charge in [-0.25, -0.2) is 0 Å². The molecule has 94 valence electrons. The quantitative estimate of drug-likeness (QED) is 0.869. The maximum absolute atomic E-state index is 5.62. The van der Waals surface area contributed by atoms with Crippen molar-refractivity contribution in [1.29, 1.82) is 0 Å². The van der Waals surface area contributed by atoms with Gasteiger partial charge in [-0.1, -0.05) is 13.8 Å². The Balaban J connectivity index is 2.04. The van der Waals surface area contributed by atoms with Gasteiger partial charge in [0.05, 0.1) is 12.8 Å². The molecule has 3 nitrogen and oxygen atoms in total. The summed E-state index contributed by atoms with van der Waals surface area (Å²) in [6, 6.07) is 2.56. The molecule has 1 aliphatic rings. The van der Waals surface area contributed by atoms with Gasteiger partial charge in [-0.3, -0.25) is 4.98 Å². The number of hydrogen-bond acceptors (Lipinski definition) is 3. The second-order valence-electron chi connectivity index (χ2n) is 4.94. The zero-order valence-electron chi connectivity index (χ0n) is 10.8. The molecule has 0 spiro atoms. The van der Waals surface area contributed by atoms with E-state index in [0.29, 0.717) is 6.04 Å². The fourth-order valence-electron chi connectivity index (χ4n) is 2.29. The third-order valence-corrected chi connectivity index (χ3v) is 3.28. The molecule has 2 atom stereocenters. The standard InChI is InChI=1S/C14H22N2O/c1-3-6-17-13-8-12(9-15-10-13)14-7-11(2)4-5-16-14/h8-11,14,16H,3-7H2,1-2H3. The minimum atomic E-state index is 0.441. The molecular weight excluding hydrogens is 212 g/mol. The van der Waals surface area contributed by atoms with Gasteiger partial charge in [0, 0.05) is 12.2 Å². The Hall–Kier alpha value is -1.09. The highest BCUT2D eigenvalue weighted by Gasteiger charge is 2.20. The molecule has 0 bridgehead atoms. The van der Waals surface area contributed by atoms with Gasteiger partial charge in [-0.2, -0.15) is 0 Å². The number of rotatable bonds is 4. The van der Waals surface area contributed by atoms with E-state index in [1.54, 1.807) is 6.20 Å². The lowest BCUT2D eigenvalue weighted by molar-refractivity contribution is 0.309. The molecule has 3 heteroatoms. The van der Waals surface area contributed by atoms with Crippen LogP contribution in [0.5, 0.6) is 5.75 Å². The van der Waals surface area contributed by atoms with Crippen molar-refractivity contribution in [2.24, 2.45) is 5.92 Å². The van der Waals surface area contributed by atoms with Crippen molar-refractivity contribution < 1.29 is 4.74 Å². The van der Waals surface area contributed by atoms with E-state index >= 15 is 0 Å². The number of hydrogen-bond donors (Lipinski definition) is 1. The molecule has 0 amide bonds. The van der Waals surface area contributed by atoms with Crippen molar-refractivity contribution in [1.82, 2.24) is 10.3 Å². The molecule has 0 aromatic carbocycles. The lowest BCUT2D eigenvalue weighted by atomic mass is 9.91. The Morgan fingerprint density at radius 2 is 2.35 bits per heavy atom. The smallest absolute Gasteiger partial charge is 0.137 e. The van der Waals surface area contributed by atoms with Crippen LogP contribution >= 0.6 is 0 Å². The van der Waals surface area contributed by atoms with Crippen LogP contribution < -0.4 is 10.1 Å². The Morgan fingerprint density at radius 3 is 3.12 bits per heavy atom. The third-order valence-electron chi connectivity index (χ3n) is 3.28. The molecule has 1 aliphatic heterocycles. The Kier molecular flexibility index (Phi) is 4.37. The van der Waals surface area contributed by atoms with E-state index in [-0.39, 0.29) is 0 Å². The highest BCUT2D eigenvalue weighted by Crippen LogP contribution is 2.28. The van der Waals surface area contributed by atoms with Crippen molar-refractivity contribution in [3.63, 3.8) is 0 Å². The summed E-state index contributed by atoms with van der Waals surface area (Å²) in [6.07, 6.45) is 7.25. The summed E-state index contributed by atoms with van der Waals surface area (Å²) in [5, 5.41) is 3.55. The number of piperidine rings is 1. The second-order valence-corrected chi connectivity index (χ2v) is 4.94. The highest BCUT2D eigenvalue weighted by molar-refractivity contribution is 5.26. The van der Waals surface area contributed by atoms with Crippen molar-refractivity contribution in [2.45, 2.75) is 39.2 Å². The summed E-state index contributed by atoms with van der Waals surface area (Å²) in [6.45, 7) is 6.30. The summed E-state index contributed by atoms with van der Waals surface area (Å²) in [7, 11) is 0. The van der Waals surface area contributed by atoms with E-state index < -0.39 is 0 Å². The van der Waals surface area contributed by atoms with Gasteiger partial charge in [0.1, 0.15) is 5.75 Å². The normalized spacial score (nSPS) is 24.6. The van der Waals surface area contributed by atoms with Gasteiger partial charge < -0.3 is 10.1 Å². The minimum absolute atomic E-state index is 0.441. The average Bonchev–Trinajstić information content (AvgIpc) is 2.37. The van der Waals surface area contributed by atoms with Crippen LogP contribution in [0.15, 0.2) is 18.5 Å². The van der Waals surface area contributed by atoms with Crippen molar-refractivity contribution >= 4 is 0 Å². The first-order valence-electron chi connectivity index (χ1n) is 6.60. The van der Waals surface area contributed by atoms with Gasteiger partial charge in [-0.15, -0.1) is 0 Å². The van der Waals surface area contributed by atoms with Crippen LogP contribution in [-0.4, -0.2) is 18.1 Å².